The molecule has 0 saturated heterocycles. The van der Waals surface area contributed by atoms with E-state index in [1.807, 2.05) is 0 Å². The van der Waals surface area contributed by atoms with Crippen LogP contribution in [-0.2, 0) is 4.79 Å². The first-order valence-electron chi connectivity index (χ1n) is 7.69. The third-order valence-corrected chi connectivity index (χ3v) is 4.01. The van der Waals surface area contributed by atoms with Crippen LogP contribution >= 0.6 is 15.9 Å². The number of phenolic OH excluding ortho intramolecular Hbond substituents is 1. The Balaban J connectivity index is 1.95. The van der Waals surface area contributed by atoms with Crippen LogP contribution in [0.25, 0.3) is 0 Å². The number of benzene rings is 2. The number of methoxy groups -OCH3 is 2. The summed E-state index contributed by atoms with van der Waals surface area (Å²) in [5.41, 5.74) is 2.69. The molecule has 0 radical (unpaired) electrons. The van der Waals surface area contributed by atoms with Gasteiger partial charge >= 0.3 is 0 Å². The van der Waals surface area contributed by atoms with E-state index in [9.17, 15) is 20.0 Å². The predicted molar refractivity (Wildman–Crippen MR) is 103 cm³/mol. The minimum atomic E-state index is -0.542. The summed E-state index contributed by atoms with van der Waals surface area (Å²) in [5, 5.41) is 24.3. The zero-order valence-electron chi connectivity index (χ0n) is 14.8. The van der Waals surface area contributed by atoms with Crippen molar-refractivity contribution in [3.05, 3.63) is 50.5 Å². The molecule has 0 saturated carbocycles. The molecule has 2 aromatic carbocycles. The average molecular weight is 454 g/mol. The number of halogens is 1. The third kappa shape index (κ3) is 5.33. The molecule has 2 aromatic rings. The molecular formula is C17H16BrN3O7. The Hall–Kier alpha value is -3.34. The molecule has 0 aliphatic rings. The van der Waals surface area contributed by atoms with Crippen molar-refractivity contribution in [1.29, 1.82) is 0 Å². The van der Waals surface area contributed by atoms with Crippen LogP contribution in [0.3, 0.4) is 0 Å². The number of carbonyl (C=O) groups excluding carboxylic acids is 1. The van der Waals surface area contributed by atoms with Crippen LogP contribution in [0.2, 0.25) is 0 Å². The average Bonchev–Trinajstić information content (AvgIpc) is 2.67. The van der Waals surface area contributed by atoms with Crippen molar-refractivity contribution in [3.8, 4) is 23.0 Å². The Kier molecular flexibility index (Phi) is 7.15. The van der Waals surface area contributed by atoms with Crippen LogP contribution in [0.1, 0.15) is 5.56 Å². The number of rotatable bonds is 8. The van der Waals surface area contributed by atoms with Crippen molar-refractivity contribution in [2.45, 2.75) is 0 Å². The molecular weight excluding hydrogens is 438 g/mol. The molecule has 28 heavy (non-hydrogen) atoms. The van der Waals surface area contributed by atoms with Gasteiger partial charge in [0.2, 0.25) is 5.75 Å². The molecule has 148 valence electrons. The first-order chi connectivity index (χ1) is 13.3. The molecule has 2 rings (SSSR count). The Morgan fingerprint density at radius 2 is 1.89 bits per heavy atom. The summed E-state index contributed by atoms with van der Waals surface area (Å²) in [4.78, 5) is 22.0. The van der Waals surface area contributed by atoms with Crippen molar-refractivity contribution in [3.63, 3.8) is 0 Å². The quantitative estimate of drug-likeness (QED) is 0.356. The molecule has 0 aliphatic heterocycles. The molecule has 0 bridgehead atoms. The topological polar surface area (TPSA) is 133 Å². The molecule has 1 amide bonds. The van der Waals surface area contributed by atoms with Crippen molar-refractivity contribution in [1.82, 2.24) is 5.43 Å². The Bertz CT molecular complexity index is 893. The van der Waals surface area contributed by atoms with Crippen molar-refractivity contribution >= 4 is 33.7 Å². The number of non-ortho nitro benzene ring substituents is 1. The summed E-state index contributed by atoms with van der Waals surface area (Å²) in [7, 11) is 2.79. The standard InChI is InChI=1S/C17H16BrN3O7/c1-26-14-5-10(6-15(27-2)17(14)23)8-19-20-16(22)9-28-13-4-3-11(21(24)25)7-12(13)18/h3-8,23H,9H2,1-2H3,(H,20,22). The van der Waals surface area contributed by atoms with Gasteiger partial charge < -0.3 is 19.3 Å². The highest BCUT2D eigenvalue weighted by molar-refractivity contribution is 9.10. The maximum Gasteiger partial charge on any atom is 0.277 e. The summed E-state index contributed by atoms with van der Waals surface area (Å²) in [6, 6.07) is 6.95. The van der Waals surface area contributed by atoms with Gasteiger partial charge in [0.1, 0.15) is 5.75 Å². The van der Waals surface area contributed by atoms with E-state index in [-0.39, 0.29) is 35.3 Å². The van der Waals surface area contributed by atoms with E-state index in [1.165, 1.54) is 50.8 Å². The number of nitrogens with one attached hydrogen (secondary N) is 1. The highest BCUT2D eigenvalue weighted by atomic mass is 79.9. The number of ether oxygens (including phenoxy) is 3. The van der Waals surface area contributed by atoms with E-state index >= 15 is 0 Å². The Morgan fingerprint density at radius 1 is 1.25 bits per heavy atom. The zero-order valence-corrected chi connectivity index (χ0v) is 16.4. The van der Waals surface area contributed by atoms with Gasteiger partial charge in [-0.15, -0.1) is 0 Å². The second kappa shape index (κ2) is 9.55. The Morgan fingerprint density at radius 3 is 2.43 bits per heavy atom. The lowest BCUT2D eigenvalue weighted by molar-refractivity contribution is -0.384. The maximum atomic E-state index is 11.8. The fraction of sp³-hybridized carbons (Fsp3) is 0.176. The smallest absolute Gasteiger partial charge is 0.277 e. The van der Waals surface area contributed by atoms with Gasteiger partial charge in [0.15, 0.2) is 18.1 Å². The number of amides is 1. The number of aromatic hydroxyl groups is 1. The minimum absolute atomic E-state index is 0.104. The summed E-state index contributed by atoms with van der Waals surface area (Å²) in [5.74, 6) is -0.0258. The monoisotopic (exact) mass is 453 g/mol. The summed E-state index contributed by atoms with van der Waals surface area (Å²) >= 11 is 3.15. The first-order valence-corrected chi connectivity index (χ1v) is 8.48. The lowest BCUT2D eigenvalue weighted by Crippen LogP contribution is -2.24. The SMILES string of the molecule is COc1cc(C=NNC(=O)COc2ccc([N+](=O)[O-])cc2Br)cc(OC)c1O. The molecule has 0 atom stereocenters. The van der Waals surface area contributed by atoms with E-state index in [4.69, 9.17) is 14.2 Å². The number of phenols is 1. The number of nitro groups is 1. The minimum Gasteiger partial charge on any atom is -0.502 e. The fourth-order valence-electron chi connectivity index (χ4n) is 2.06. The van der Waals surface area contributed by atoms with E-state index in [0.717, 1.165) is 0 Å². The van der Waals surface area contributed by atoms with Gasteiger partial charge in [-0.05, 0) is 34.1 Å². The number of hydrogen-bond acceptors (Lipinski definition) is 8. The van der Waals surface area contributed by atoms with Crippen LogP contribution in [0, 0.1) is 10.1 Å². The molecule has 11 heteroatoms. The first kappa shape index (κ1) is 21.0. The van der Waals surface area contributed by atoms with E-state index in [0.29, 0.717) is 10.0 Å². The summed E-state index contributed by atoms with van der Waals surface area (Å²) in [6.07, 6.45) is 1.34. The van der Waals surface area contributed by atoms with Gasteiger partial charge in [0, 0.05) is 17.7 Å². The van der Waals surface area contributed by atoms with Crippen molar-refractivity contribution in [2.75, 3.05) is 20.8 Å². The normalized spacial score (nSPS) is 10.5. The van der Waals surface area contributed by atoms with Crippen molar-refractivity contribution in [2.24, 2.45) is 5.10 Å². The summed E-state index contributed by atoms with van der Waals surface area (Å²) < 4.78 is 15.7. The highest BCUT2D eigenvalue weighted by Crippen LogP contribution is 2.36. The lowest BCUT2D eigenvalue weighted by atomic mass is 10.2. The van der Waals surface area contributed by atoms with Gasteiger partial charge in [0.25, 0.3) is 11.6 Å². The molecule has 0 unspecified atom stereocenters. The van der Waals surface area contributed by atoms with Crippen LogP contribution in [0.15, 0.2) is 39.9 Å². The predicted octanol–water partition coefficient (Wildman–Crippen LogP) is 2.61. The number of hydrogen-bond donors (Lipinski definition) is 2. The molecule has 0 aromatic heterocycles. The zero-order chi connectivity index (χ0) is 20.7. The second-order valence-corrected chi connectivity index (χ2v) is 6.08. The highest BCUT2D eigenvalue weighted by Gasteiger charge is 2.12. The number of hydrazone groups is 1. The van der Waals surface area contributed by atoms with Crippen LogP contribution in [0.4, 0.5) is 5.69 Å². The van der Waals surface area contributed by atoms with Crippen LogP contribution < -0.4 is 19.6 Å². The van der Waals surface area contributed by atoms with Gasteiger partial charge in [-0.3, -0.25) is 14.9 Å². The summed E-state index contributed by atoms with van der Waals surface area (Å²) in [6.45, 7) is -0.351. The molecule has 2 N–H and O–H groups in total. The second-order valence-electron chi connectivity index (χ2n) is 5.23. The molecule has 0 spiro atoms. The van der Waals surface area contributed by atoms with Gasteiger partial charge in [-0.2, -0.15) is 5.10 Å². The molecule has 0 fully saturated rings. The maximum absolute atomic E-state index is 11.8. The van der Waals surface area contributed by atoms with Crippen LogP contribution in [0.5, 0.6) is 23.0 Å². The number of carbonyl (C=O) groups is 1. The molecule has 10 nitrogen and oxygen atoms in total. The van der Waals surface area contributed by atoms with Crippen molar-refractivity contribution < 1.29 is 29.0 Å². The van der Waals surface area contributed by atoms with E-state index in [1.54, 1.807) is 0 Å². The lowest BCUT2D eigenvalue weighted by Gasteiger charge is -2.09. The van der Waals surface area contributed by atoms with Gasteiger partial charge in [-0.25, -0.2) is 5.43 Å². The third-order valence-electron chi connectivity index (χ3n) is 3.39. The largest absolute Gasteiger partial charge is 0.502 e. The molecule has 0 heterocycles. The van der Waals surface area contributed by atoms with Gasteiger partial charge in [-0.1, -0.05) is 0 Å². The van der Waals surface area contributed by atoms with E-state index in [2.05, 4.69) is 26.5 Å². The van der Waals surface area contributed by atoms with Crippen LogP contribution in [-0.4, -0.2) is 43.0 Å². The fourth-order valence-corrected chi connectivity index (χ4v) is 2.54. The Labute approximate surface area is 168 Å². The van der Waals surface area contributed by atoms with Gasteiger partial charge in [0.05, 0.1) is 29.8 Å². The molecule has 0 aliphatic carbocycles. The number of nitro benzene ring substituents is 1. The van der Waals surface area contributed by atoms with E-state index < -0.39 is 10.8 Å². The number of nitrogens with zero attached hydrogens (tertiary/aromatic N) is 2.